The van der Waals surface area contributed by atoms with Crippen LogP contribution in [0.1, 0.15) is 25.3 Å². The van der Waals surface area contributed by atoms with Crippen LogP contribution in [-0.2, 0) is 6.42 Å². The van der Waals surface area contributed by atoms with Gasteiger partial charge in [0.1, 0.15) is 0 Å². The van der Waals surface area contributed by atoms with Crippen LogP contribution < -0.4 is 5.32 Å². The average molecular weight is 315 g/mol. The first kappa shape index (κ1) is 11.4. The zero-order valence-corrected chi connectivity index (χ0v) is 11.3. The van der Waals surface area contributed by atoms with Gasteiger partial charge in [-0.2, -0.15) is 0 Å². The summed E-state index contributed by atoms with van der Waals surface area (Å²) >= 11 is 2.35. The average Bonchev–Trinajstić information content (AvgIpc) is 3.02. The molecular formula is C13H18IN. The van der Waals surface area contributed by atoms with E-state index in [1.165, 1.54) is 28.4 Å². The molecule has 2 heteroatoms. The van der Waals surface area contributed by atoms with Crippen molar-refractivity contribution in [2.24, 2.45) is 5.92 Å². The molecule has 0 radical (unpaired) electrons. The summed E-state index contributed by atoms with van der Waals surface area (Å²) < 4.78 is 1.32. The number of hydrogen-bond donors (Lipinski definition) is 1. The van der Waals surface area contributed by atoms with Gasteiger partial charge in [-0.05, 0) is 72.0 Å². The van der Waals surface area contributed by atoms with E-state index >= 15 is 0 Å². The summed E-state index contributed by atoms with van der Waals surface area (Å²) in [5, 5.41) is 3.59. The molecule has 0 spiro atoms. The van der Waals surface area contributed by atoms with Crippen LogP contribution in [0.5, 0.6) is 0 Å². The van der Waals surface area contributed by atoms with Crippen molar-refractivity contribution in [1.29, 1.82) is 0 Å². The van der Waals surface area contributed by atoms with Crippen molar-refractivity contribution in [2.75, 3.05) is 6.54 Å². The number of hydrogen-bond acceptors (Lipinski definition) is 1. The van der Waals surface area contributed by atoms with E-state index in [9.17, 15) is 0 Å². The maximum absolute atomic E-state index is 3.59. The normalized spacial score (nSPS) is 17.7. The molecule has 1 aromatic carbocycles. The van der Waals surface area contributed by atoms with Gasteiger partial charge < -0.3 is 5.32 Å². The van der Waals surface area contributed by atoms with E-state index in [-0.39, 0.29) is 0 Å². The highest BCUT2D eigenvalue weighted by molar-refractivity contribution is 14.1. The molecule has 1 aliphatic rings. The van der Waals surface area contributed by atoms with Crippen LogP contribution in [0.3, 0.4) is 0 Å². The third kappa shape index (κ3) is 4.11. The second kappa shape index (κ2) is 5.30. The van der Waals surface area contributed by atoms with Crippen LogP contribution in [0.2, 0.25) is 0 Å². The lowest BCUT2D eigenvalue weighted by molar-refractivity contribution is 0.509. The van der Waals surface area contributed by atoms with Crippen molar-refractivity contribution in [1.82, 2.24) is 5.32 Å². The topological polar surface area (TPSA) is 12.0 Å². The molecule has 1 saturated carbocycles. The summed E-state index contributed by atoms with van der Waals surface area (Å²) in [6, 6.07) is 9.71. The zero-order chi connectivity index (χ0) is 10.7. The molecule has 0 bridgehead atoms. The zero-order valence-electron chi connectivity index (χ0n) is 9.17. The number of benzene rings is 1. The summed E-state index contributed by atoms with van der Waals surface area (Å²) in [6.07, 6.45) is 3.96. The van der Waals surface area contributed by atoms with Gasteiger partial charge in [-0.15, -0.1) is 0 Å². The van der Waals surface area contributed by atoms with Crippen LogP contribution in [0.4, 0.5) is 0 Å². The first-order valence-corrected chi connectivity index (χ1v) is 6.80. The van der Waals surface area contributed by atoms with Gasteiger partial charge >= 0.3 is 0 Å². The minimum atomic E-state index is 0.741. The SMILES string of the molecule is CC(CNC1CC1)Cc1ccc(I)cc1. The quantitative estimate of drug-likeness (QED) is 0.823. The predicted molar refractivity (Wildman–Crippen MR) is 73.1 cm³/mol. The minimum absolute atomic E-state index is 0.741. The Kier molecular flexibility index (Phi) is 4.03. The molecule has 1 atom stereocenters. The molecule has 1 fully saturated rings. The molecule has 0 amide bonds. The molecule has 1 unspecified atom stereocenters. The van der Waals surface area contributed by atoms with Gasteiger partial charge in [0, 0.05) is 9.61 Å². The molecule has 1 aromatic rings. The van der Waals surface area contributed by atoms with Gasteiger partial charge in [-0.1, -0.05) is 19.1 Å². The molecule has 2 rings (SSSR count). The second-order valence-corrected chi connectivity index (χ2v) is 5.86. The van der Waals surface area contributed by atoms with E-state index in [1.807, 2.05) is 0 Å². The summed E-state index contributed by atoms with van der Waals surface area (Å²) in [4.78, 5) is 0. The lowest BCUT2D eigenvalue weighted by Gasteiger charge is -2.12. The number of nitrogens with one attached hydrogen (secondary N) is 1. The van der Waals surface area contributed by atoms with Crippen LogP contribution in [0.15, 0.2) is 24.3 Å². The van der Waals surface area contributed by atoms with E-state index < -0.39 is 0 Å². The maximum Gasteiger partial charge on any atom is 0.0130 e. The number of halogens is 1. The fraction of sp³-hybridized carbons (Fsp3) is 0.538. The third-order valence-corrected chi connectivity index (χ3v) is 3.55. The second-order valence-electron chi connectivity index (χ2n) is 4.62. The molecule has 1 nitrogen and oxygen atoms in total. The van der Waals surface area contributed by atoms with Crippen molar-refractivity contribution in [3.8, 4) is 0 Å². The van der Waals surface area contributed by atoms with Crippen molar-refractivity contribution in [3.05, 3.63) is 33.4 Å². The van der Waals surface area contributed by atoms with E-state index in [1.54, 1.807) is 0 Å². The standard InChI is InChI=1S/C13H18IN/c1-10(9-15-13-6-7-13)8-11-2-4-12(14)5-3-11/h2-5,10,13,15H,6-9H2,1H3. The lowest BCUT2D eigenvalue weighted by Crippen LogP contribution is -2.24. The largest absolute Gasteiger partial charge is 0.314 e. The molecule has 15 heavy (non-hydrogen) atoms. The summed E-state index contributed by atoms with van der Waals surface area (Å²) in [7, 11) is 0. The molecule has 1 N–H and O–H groups in total. The van der Waals surface area contributed by atoms with E-state index in [0.717, 1.165) is 18.5 Å². The molecule has 0 aromatic heterocycles. The van der Waals surface area contributed by atoms with Gasteiger partial charge in [0.25, 0.3) is 0 Å². The molecule has 0 saturated heterocycles. The van der Waals surface area contributed by atoms with Crippen molar-refractivity contribution in [3.63, 3.8) is 0 Å². The smallest absolute Gasteiger partial charge is 0.0130 e. The van der Waals surface area contributed by atoms with Crippen LogP contribution in [0, 0.1) is 9.49 Å². The lowest BCUT2D eigenvalue weighted by atomic mass is 10.0. The highest BCUT2D eigenvalue weighted by atomic mass is 127. The fourth-order valence-electron chi connectivity index (χ4n) is 1.75. The predicted octanol–water partition coefficient (Wildman–Crippen LogP) is 3.22. The van der Waals surface area contributed by atoms with Gasteiger partial charge in [0.2, 0.25) is 0 Å². The molecule has 0 aliphatic heterocycles. The van der Waals surface area contributed by atoms with Crippen LogP contribution in [-0.4, -0.2) is 12.6 Å². The van der Waals surface area contributed by atoms with E-state index in [4.69, 9.17) is 0 Å². The summed E-state index contributed by atoms with van der Waals surface area (Å²) in [6.45, 7) is 3.49. The highest BCUT2D eigenvalue weighted by Crippen LogP contribution is 2.19. The van der Waals surface area contributed by atoms with E-state index in [0.29, 0.717) is 0 Å². The van der Waals surface area contributed by atoms with Gasteiger partial charge in [0.05, 0.1) is 0 Å². The molecule has 1 aliphatic carbocycles. The first-order chi connectivity index (χ1) is 7.24. The fourth-order valence-corrected chi connectivity index (χ4v) is 2.11. The Morgan fingerprint density at radius 2 is 2.00 bits per heavy atom. The Bertz CT molecular complexity index is 303. The van der Waals surface area contributed by atoms with Gasteiger partial charge in [-0.3, -0.25) is 0 Å². The Labute approximate surface area is 106 Å². The number of rotatable bonds is 5. The Morgan fingerprint density at radius 3 is 2.60 bits per heavy atom. The van der Waals surface area contributed by atoms with Crippen molar-refractivity contribution in [2.45, 2.75) is 32.2 Å². The Morgan fingerprint density at radius 1 is 1.33 bits per heavy atom. The monoisotopic (exact) mass is 315 g/mol. The van der Waals surface area contributed by atoms with Crippen molar-refractivity contribution >= 4 is 22.6 Å². The summed E-state index contributed by atoms with van der Waals surface area (Å²) in [5.41, 5.74) is 1.46. The third-order valence-electron chi connectivity index (χ3n) is 2.83. The molecular weight excluding hydrogens is 297 g/mol. The van der Waals surface area contributed by atoms with Crippen molar-refractivity contribution < 1.29 is 0 Å². The van der Waals surface area contributed by atoms with Crippen LogP contribution >= 0.6 is 22.6 Å². The summed E-state index contributed by atoms with van der Waals surface area (Å²) in [5.74, 6) is 0.741. The van der Waals surface area contributed by atoms with E-state index in [2.05, 4.69) is 59.1 Å². The van der Waals surface area contributed by atoms with Gasteiger partial charge in [0.15, 0.2) is 0 Å². The Balaban J connectivity index is 1.76. The first-order valence-electron chi connectivity index (χ1n) is 5.72. The van der Waals surface area contributed by atoms with Gasteiger partial charge in [-0.25, -0.2) is 0 Å². The minimum Gasteiger partial charge on any atom is -0.314 e. The van der Waals surface area contributed by atoms with Crippen LogP contribution in [0.25, 0.3) is 0 Å². The molecule has 82 valence electrons. The molecule has 0 heterocycles. The maximum atomic E-state index is 3.59. The Hall–Kier alpha value is -0.0900. The highest BCUT2D eigenvalue weighted by Gasteiger charge is 2.20.